The molecule has 1 aliphatic heterocycles. The van der Waals surface area contributed by atoms with E-state index in [1.807, 2.05) is 37.3 Å². The van der Waals surface area contributed by atoms with Crippen LogP contribution in [0.5, 0.6) is 5.75 Å². The van der Waals surface area contributed by atoms with E-state index in [0.29, 0.717) is 13.2 Å². The number of pyridine rings is 1. The maximum atomic E-state index is 9.85. The highest BCUT2D eigenvalue weighted by molar-refractivity contribution is 5.93. The van der Waals surface area contributed by atoms with Gasteiger partial charge in [-0.2, -0.15) is 0 Å². The molecule has 1 fully saturated rings. The van der Waals surface area contributed by atoms with E-state index in [4.69, 9.17) is 4.74 Å². The summed E-state index contributed by atoms with van der Waals surface area (Å²) in [6, 6.07) is 18.3. The van der Waals surface area contributed by atoms with Crippen molar-refractivity contribution in [3.05, 3.63) is 65.9 Å². The van der Waals surface area contributed by atoms with Gasteiger partial charge in [-0.05, 0) is 37.1 Å². The molecule has 0 bridgehead atoms. The van der Waals surface area contributed by atoms with E-state index >= 15 is 0 Å². The quantitative estimate of drug-likeness (QED) is 0.790. The minimum Gasteiger partial charge on any atom is -0.489 e. The molecule has 0 unspecified atom stereocenters. The second-order valence-corrected chi connectivity index (χ2v) is 6.62. The number of nitrogens with zero attached hydrogens (tertiary/aromatic N) is 2. The predicted octanol–water partition coefficient (Wildman–Crippen LogP) is 3.69. The summed E-state index contributed by atoms with van der Waals surface area (Å²) in [5, 5.41) is 11.0. The van der Waals surface area contributed by atoms with Gasteiger partial charge >= 0.3 is 0 Å². The highest BCUT2D eigenvalue weighted by Crippen LogP contribution is 2.31. The van der Waals surface area contributed by atoms with Gasteiger partial charge in [0.05, 0.1) is 11.6 Å². The van der Waals surface area contributed by atoms with Crippen molar-refractivity contribution < 1.29 is 9.84 Å². The molecule has 0 saturated carbocycles. The number of aliphatic hydroxyl groups excluding tert-OH is 1. The molecule has 1 saturated heterocycles. The number of fused-ring (bicyclic) bond motifs is 1. The van der Waals surface area contributed by atoms with Crippen LogP contribution in [0.3, 0.4) is 0 Å². The zero-order valence-corrected chi connectivity index (χ0v) is 14.4. The van der Waals surface area contributed by atoms with Crippen LogP contribution in [0.25, 0.3) is 10.9 Å². The van der Waals surface area contributed by atoms with Gasteiger partial charge in [0.2, 0.25) is 0 Å². The molecule has 1 aliphatic rings. The normalized spacial score (nSPS) is 17.2. The highest BCUT2D eigenvalue weighted by atomic mass is 16.5. The minimum atomic E-state index is -0.239. The van der Waals surface area contributed by atoms with Gasteiger partial charge in [0.1, 0.15) is 12.4 Å². The number of ether oxygens (including phenoxy) is 1. The summed E-state index contributed by atoms with van der Waals surface area (Å²) in [6.07, 6.45) is 0.582. The number of rotatable bonds is 4. The first-order chi connectivity index (χ1) is 12.2. The van der Waals surface area contributed by atoms with Gasteiger partial charge in [0, 0.05) is 35.9 Å². The van der Waals surface area contributed by atoms with Crippen LogP contribution in [-0.2, 0) is 6.61 Å². The SMILES string of the molecule is Cc1cc(N2CC[C@H](O)C2)c2ccc(OCc3ccccc3)cc2n1. The van der Waals surface area contributed by atoms with Gasteiger partial charge in [0.15, 0.2) is 0 Å². The molecule has 0 aliphatic carbocycles. The lowest BCUT2D eigenvalue weighted by Gasteiger charge is -2.20. The van der Waals surface area contributed by atoms with Crippen molar-refractivity contribution in [3.63, 3.8) is 0 Å². The van der Waals surface area contributed by atoms with Crippen molar-refractivity contribution in [1.82, 2.24) is 4.98 Å². The molecule has 4 heteroatoms. The van der Waals surface area contributed by atoms with Gasteiger partial charge in [0.25, 0.3) is 0 Å². The monoisotopic (exact) mass is 334 g/mol. The lowest BCUT2D eigenvalue weighted by Crippen LogP contribution is -2.21. The largest absolute Gasteiger partial charge is 0.489 e. The van der Waals surface area contributed by atoms with Gasteiger partial charge in [-0.1, -0.05) is 30.3 Å². The van der Waals surface area contributed by atoms with Crippen molar-refractivity contribution >= 4 is 16.6 Å². The first-order valence-corrected chi connectivity index (χ1v) is 8.70. The molecule has 0 spiro atoms. The smallest absolute Gasteiger partial charge is 0.122 e. The van der Waals surface area contributed by atoms with Gasteiger partial charge < -0.3 is 14.7 Å². The Morgan fingerprint density at radius 1 is 1.16 bits per heavy atom. The average molecular weight is 334 g/mol. The van der Waals surface area contributed by atoms with E-state index in [1.165, 1.54) is 0 Å². The number of anilines is 1. The molecule has 1 aromatic heterocycles. The molecule has 1 N–H and O–H groups in total. The number of hydrogen-bond donors (Lipinski definition) is 1. The molecule has 3 aromatic rings. The Kier molecular flexibility index (Phi) is 4.28. The Morgan fingerprint density at radius 3 is 2.76 bits per heavy atom. The highest BCUT2D eigenvalue weighted by Gasteiger charge is 2.22. The lowest BCUT2D eigenvalue weighted by atomic mass is 10.1. The zero-order chi connectivity index (χ0) is 17.2. The first-order valence-electron chi connectivity index (χ1n) is 8.70. The molecule has 4 rings (SSSR count). The molecule has 4 nitrogen and oxygen atoms in total. The Hall–Kier alpha value is -2.59. The minimum absolute atomic E-state index is 0.239. The van der Waals surface area contributed by atoms with Crippen LogP contribution in [0.15, 0.2) is 54.6 Å². The molecule has 1 atom stereocenters. The summed E-state index contributed by atoms with van der Waals surface area (Å²) >= 11 is 0. The molecule has 0 amide bonds. The number of aromatic nitrogens is 1. The topological polar surface area (TPSA) is 45.6 Å². The average Bonchev–Trinajstić information content (AvgIpc) is 3.06. The van der Waals surface area contributed by atoms with Crippen LogP contribution in [0.2, 0.25) is 0 Å². The molecule has 2 heterocycles. The van der Waals surface area contributed by atoms with Crippen LogP contribution in [0.4, 0.5) is 5.69 Å². The zero-order valence-electron chi connectivity index (χ0n) is 14.4. The third-order valence-electron chi connectivity index (χ3n) is 4.64. The van der Waals surface area contributed by atoms with Gasteiger partial charge in [-0.25, -0.2) is 0 Å². The summed E-state index contributed by atoms with van der Waals surface area (Å²) in [7, 11) is 0. The van der Waals surface area contributed by atoms with Crippen LogP contribution < -0.4 is 9.64 Å². The van der Waals surface area contributed by atoms with Crippen LogP contribution in [0, 0.1) is 6.92 Å². The van der Waals surface area contributed by atoms with E-state index in [1.54, 1.807) is 0 Å². The fourth-order valence-electron chi connectivity index (χ4n) is 3.37. The Balaban J connectivity index is 1.62. The molecule has 2 aromatic carbocycles. The van der Waals surface area contributed by atoms with Crippen molar-refractivity contribution in [3.8, 4) is 5.75 Å². The van der Waals surface area contributed by atoms with E-state index in [2.05, 4.69) is 34.1 Å². The summed E-state index contributed by atoms with van der Waals surface area (Å²) in [4.78, 5) is 6.92. The number of benzene rings is 2. The molecular formula is C21H22N2O2. The summed E-state index contributed by atoms with van der Waals surface area (Å²) in [5.74, 6) is 0.821. The first kappa shape index (κ1) is 15.9. The maximum Gasteiger partial charge on any atom is 0.122 e. The van der Waals surface area contributed by atoms with E-state index in [0.717, 1.165) is 46.6 Å². The van der Waals surface area contributed by atoms with Gasteiger partial charge in [-0.3, -0.25) is 4.98 Å². The van der Waals surface area contributed by atoms with Crippen molar-refractivity contribution in [1.29, 1.82) is 0 Å². The van der Waals surface area contributed by atoms with E-state index in [9.17, 15) is 5.11 Å². The van der Waals surface area contributed by atoms with Crippen molar-refractivity contribution in [2.45, 2.75) is 26.1 Å². The second kappa shape index (κ2) is 6.73. The van der Waals surface area contributed by atoms with Crippen LogP contribution in [-0.4, -0.2) is 29.3 Å². The maximum absolute atomic E-state index is 9.85. The summed E-state index contributed by atoms with van der Waals surface area (Å²) in [5.41, 5.74) is 4.20. The second-order valence-electron chi connectivity index (χ2n) is 6.62. The molecule has 0 radical (unpaired) electrons. The van der Waals surface area contributed by atoms with Crippen LogP contribution in [0.1, 0.15) is 17.7 Å². The van der Waals surface area contributed by atoms with Crippen molar-refractivity contribution in [2.24, 2.45) is 0 Å². The third-order valence-corrected chi connectivity index (χ3v) is 4.64. The molecule has 128 valence electrons. The Morgan fingerprint density at radius 2 is 2.00 bits per heavy atom. The predicted molar refractivity (Wildman–Crippen MR) is 100 cm³/mol. The van der Waals surface area contributed by atoms with Gasteiger partial charge in [-0.15, -0.1) is 0 Å². The summed E-state index contributed by atoms with van der Waals surface area (Å²) < 4.78 is 5.93. The Labute approximate surface area is 147 Å². The standard InChI is InChI=1S/C21H22N2O2/c1-15-11-21(23-10-9-17(24)13-23)19-8-7-18(12-20(19)22-15)25-14-16-5-3-2-4-6-16/h2-8,11-12,17,24H,9-10,13-14H2,1H3/t17-/m0/s1. The van der Waals surface area contributed by atoms with E-state index in [-0.39, 0.29) is 6.10 Å². The fourth-order valence-corrected chi connectivity index (χ4v) is 3.37. The molecule has 25 heavy (non-hydrogen) atoms. The third kappa shape index (κ3) is 3.44. The lowest BCUT2D eigenvalue weighted by molar-refractivity contribution is 0.198. The number of aliphatic hydroxyl groups is 1. The van der Waals surface area contributed by atoms with Crippen molar-refractivity contribution in [2.75, 3.05) is 18.0 Å². The Bertz CT molecular complexity index is 880. The number of hydrogen-bond acceptors (Lipinski definition) is 4. The fraction of sp³-hybridized carbons (Fsp3) is 0.286. The summed E-state index contributed by atoms with van der Waals surface area (Å²) in [6.45, 7) is 4.12. The van der Waals surface area contributed by atoms with E-state index < -0.39 is 0 Å². The number of aryl methyl sites for hydroxylation is 1. The van der Waals surface area contributed by atoms with Crippen LogP contribution >= 0.6 is 0 Å². The number of β-amino-alcohol motifs (C(OH)–C–C–N with tert-alkyl or cyclic N) is 1. The molecular weight excluding hydrogens is 312 g/mol.